The van der Waals surface area contributed by atoms with Gasteiger partial charge in [-0.25, -0.2) is 0 Å². The first-order chi connectivity index (χ1) is 10.3. The standard InChI is InChI=1S/C17H19N3O/c18-11-13-12-19-16-7-2-1-6-15(16)17(13)20-9-4-3-5-14(20)8-10-21/h1-2,6-7,12,14,21H,3-5,8-10H2. The number of aliphatic hydroxyl groups is 1. The number of rotatable bonds is 3. The number of pyridine rings is 1. The zero-order chi connectivity index (χ0) is 14.7. The first-order valence-electron chi connectivity index (χ1n) is 7.50. The molecule has 1 aromatic heterocycles. The Bertz CT molecular complexity index is 675. The topological polar surface area (TPSA) is 60.2 Å². The van der Waals surface area contributed by atoms with Crippen molar-refractivity contribution >= 4 is 16.6 Å². The molecule has 0 bridgehead atoms. The number of fused-ring (bicyclic) bond motifs is 1. The van der Waals surface area contributed by atoms with E-state index in [-0.39, 0.29) is 6.61 Å². The first kappa shape index (κ1) is 13.8. The molecule has 2 heterocycles. The van der Waals surface area contributed by atoms with Crippen molar-refractivity contribution in [2.45, 2.75) is 31.7 Å². The summed E-state index contributed by atoms with van der Waals surface area (Å²) in [6, 6.07) is 10.5. The minimum Gasteiger partial charge on any atom is -0.396 e. The smallest absolute Gasteiger partial charge is 0.103 e. The summed E-state index contributed by atoms with van der Waals surface area (Å²) in [7, 11) is 0. The Morgan fingerprint density at radius 3 is 3.00 bits per heavy atom. The molecule has 0 saturated carbocycles. The van der Waals surface area contributed by atoms with Crippen LogP contribution in [-0.4, -0.2) is 29.3 Å². The van der Waals surface area contributed by atoms with E-state index in [9.17, 15) is 10.4 Å². The minimum absolute atomic E-state index is 0.187. The Morgan fingerprint density at radius 2 is 2.19 bits per heavy atom. The number of hydrogen-bond acceptors (Lipinski definition) is 4. The predicted molar refractivity (Wildman–Crippen MR) is 83.1 cm³/mol. The monoisotopic (exact) mass is 281 g/mol. The quantitative estimate of drug-likeness (QED) is 0.939. The lowest BCUT2D eigenvalue weighted by molar-refractivity contribution is 0.262. The number of benzene rings is 1. The Balaban J connectivity index is 2.14. The van der Waals surface area contributed by atoms with Crippen LogP contribution >= 0.6 is 0 Å². The summed E-state index contributed by atoms with van der Waals surface area (Å²) < 4.78 is 0. The molecule has 0 amide bonds. The summed E-state index contributed by atoms with van der Waals surface area (Å²) in [4.78, 5) is 6.69. The van der Waals surface area contributed by atoms with Crippen LogP contribution in [0.2, 0.25) is 0 Å². The van der Waals surface area contributed by atoms with Crippen LogP contribution in [0.5, 0.6) is 0 Å². The molecule has 1 aliphatic heterocycles. The molecular formula is C17H19N3O. The molecule has 1 unspecified atom stereocenters. The lowest BCUT2D eigenvalue weighted by atomic mass is 9.96. The van der Waals surface area contributed by atoms with Crippen molar-refractivity contribution in [3.05, 3.63) is 36.0 Å². The molecule has 1 fully saturated rings. The molecule has 1 saturated heterocycles. The maximum absolute atomic E-state index is 9.46. The van der Waals surface area contributed by atoms with Crippen molar-refractivity contribution in [3.63, 3.8) is 0 Å². The fourth-order valence-electron chi connectivity index (χ4n) is 3.26. The van der Waals surface area contributed by atoms with Crippen LogP contribution in [0.25, 0.3) is 10.9 Å². The Morgan fingerprint density at radius 1 is 1.33 bits per heavy atom. The number of anilines is 1. The summed E-state index contributed by atoms with van der Waals surface area (Å²) in [6.45, 7) is 1.12. The van der Waals surface area contributed by atoms with E-state index >= 15 is 0 Å². The second kappa shape index (κ2) is 6.11. The Hall–Kier alpha value is -2.12. The lowest BCUT2D eigenvalue weighted by Crippen LogP contribution is -2.40. The SMILES string of the molecule is N#Cc1cnc2ccccc2c1N1CCCCC1CCO. The van der Waals surface area contributed by atoms with Crippen LogP contribution in [0.4, 0.5) is 5.69 Å². The van der Waals surface area contributed by atoms with Gasteiger partial charge in [-0.15, -0.1) is 0 Å². The molecule has 3 rings (SSSR count). The molecule has 1 atom stereocenters. The van der Waals surface area contributed by atoms with Gasteiger partial charge in [0.1, 0.15) is 6.07 Å². The average molecular weight is 281 g/mol. The molecule has 4 heteroatoms. The van der Waals surface area contributed by atoms with E-state index in [1.54, 1.807) is 6.20 Å². The van der Waals surface area contributed by atoms with Gasteiger partial charge in [-0.2, -0.15) is 5.26 Å². The van der Waals surface area contributed by atoms with Crippen LogP contribution < -0.4 is 4.90 Å². The van der Waals surface area contributed by atoms with Gasteiger partial charge in [0.15, 0.2) is 0 Å². The third-order valence-electron chi connectivity index (χ3n) is 4.24. The third-order valence-corrected chi connectivity index (χ3v) is 4.24. The normalized spacial score (nSPS) is 18.7. The minimum atomic E-state index is 0.187. The van der Waals surface area contributed by atoms with Gasteiger partial charge < -0.3 is 10.0 Å². The van der Waals surface area contributed by atoms with E-state index in [4.69, 9.17) is 0 Å². The lowest BCUT2D eigenvalue weighted by Gasteiger charge is -2.38. The molecule has 1 N–H and O–H groups in total. The molecule has 1 aliphatic rings. The van der Waals surface area contributed by atoms with Gasteiger partial charge in [-0.05, 0) is 31.7 Å². The molecule has 21 heavy (non-hydrogen) atoms. The van der Waals surface area contributed by atoms with E-state index in [1.807, 2.05) is 24.3 Å². The molecule has 0 spiro atoms. The zero-order valence-electron chi connectivity index (χ0n) is 12.0. The van der Waals surface area contributed by atoms with Crippen LogP contribution in [0.1, 0.15) is 31.2 Å². The van der Waals surface area contributed by atoms with Crippen LogP contribution in [-0.2, 0) is 0 Å². The van der Waals surface area contributed by atoms with Gasteiger partial charge in [0.25, 0.3) is 0 Å². The van der Waals surface area contributed by atoms with E-state index in [2.05, 4.69) is 16.0 Å². The van der Waals surface area contributed by atoms with Crippen molar-refractivity contribution in [1.29, 1.82) is 5.26 Å². The van der Waals surface area contributed by atoms with Gasteiger partial charge in [-0.3, -0.25) is 4.98 Å². The molecular weight excluding hydrogens is 262 g/mol. The van der Waals surface area contributed by atoms with Gasteiger partial charge in [-0.1, -0.05) is 18.2 Å². The highest BCUT2D eigenvalue weighted by atomic mass is 16.3. The average Bonchev–Trinajstić information content (AvgIpc) is 2.55. The summed E-state index contributed by atoms with van der Waals surface area (Å²) in [5.41, 5.74) is 2.53. The van der Waals surface area contributed by atoms with Crippen molar-refractivity contribution in [3.8, 4) is 6.07 Å². The predicted octanol–water partition coefficient (Wildman–Crippen LogP) is 2.85. The fraction of sp³-hybridized carbons (Fsp3) is 0.412. The van der Waals surface area contributed by atoms with Gasteiger partial charge in [0.2, 0.25) is 0 Å². The highest BCUT2D eigenvalue weighted by Gasteiger charge is 2.25. The zero-order valence-corrected chi connectivity index (χ0v) is 12.0. The fourth-order valence-corrected chi connectivity index (χ4v) is 3.26. The van der Waals surface area contributed by atoms with Gasteiger partial charge in [0, 0.05) is 30.8 Å². The number of hydrogen-bond donors (Lipinski definition) is 1. The number of aliphatic hydroxyl groups excluding tert-OH is 1. The van der Waals surface area contributed by atoms with Crippen molar-refractivity contribution in [2.24, 2.45) is 0 Å². The van der Waals surface area contributed by atoms with Crippen molar-refractivity contribution in [2.75, 3.05) is 18.1 Å². The molecule has 108 valence electrons. The Labute approximate surface area is 124 Å². The van der Waals surface area contributed by atoms with E-state index in [1.165, 1.54) is 6.42 Å². The maximum Gasteiger partial charge on any atom is 0.103 e. The van der Waals surface area contributed by atoms with E-state index < -0.39 is 0 Å². The number of aromatic nitrogens is 1. The van der Waals surface area contributed by atoms with E-state index in [0.717, 1.165) is 42.4 Å². The van der Waals surface area contributed by atoms with Crippen LogP contribution in [0.15, 0.2) is 30.5 Å². The highest BCUT2D eigenvalue weighted by molar-refractivity contribution is 5.94. The molecule has 0 radical (unpaired) electrons. The summed E-state index contributed by atoms with van der Waals surface area (Å²) in [5, 5.41) is 19.8. The second-order valence-electron chi connectivity index (χ2n) is 5.50. The summed E-state index contributed by atoms with van der Waals surface area (Å²) in [6.07, 6.45) is 5.81. The molecule has 4 nitrogen and oxygen atoms in total. The summed E-state index contributed by atoms with van der Waals surface area (Å²) in [5.74, 6) is 0. The molecule has 2 aromatic rings. The Kier molecular flexibility index (Phi) is 4.03. The second-order valence-corrected chi connectivity index (χ2v) is 5.50. The number of nitriles is 1. The summed E-state index contributed by atoms with van der Waals surface area (Å²) >= 11 is 0. The maximum atomic E-state index is 9.46. The van der Waals surface area contributed by atoms with Crippen molar-refractivity contribution < 1.29 is 5.11 Å². The number of nitrogens with zero attached hydrogens (tertiary/aromatic N) is 3. The highest BCUT2D eigenvalue weighted by Crippen LogP contribution is 2.34. The van der Waals surface area contributed by atoms with Crippen molar-refractivity contribution in [1.82, 2.24) is 4.98 Å². The van der Waals surface area contributed by atoms with Gasteiger partial charge in [0.05, 0.1) is 16.8 Å². The first-order valence-corrected chi connectivity index (χ1v) is 7.50. The number of piperidine rings is 1. The van der Waals surface area contributed by atoms with Gasteiger partial charge >= 0.3 is 0 Å². The van der Waals surface area contributed by atoms with Crippen LogP contribution in [0.3, 0.4) is 0 Å². The number of para-hydroxylation sites is 1. The largest absolute Gasteiger partial charge is 0.396 e. The molecule has 0 aliphatic carbocycles. The van der Waals surface area contributed by atoms with E-state index in [0.29, 0.717) is 11.6 Å². The molecule has 1 aromatic carbocycles. The van der Waals surface area contributed by atoms with Crippen LogP contribution in [0, 0.1) is 11.3 Å². The third kappa shape index (κ3) is 2.57.